The number of nitrogen functional groups attached to an aromatic ring is 5. The van der Waals surface area contributed by atoms with Crippen LogP contribution in [0.3, 0.4) is 0 Å². The number of alkyl halides is 4. The summed E-state index contributed by atoms with van der Waals surface area (Å²) in [5.41, 5.74) is 46.7. The van der Waals surface area contributed by atoms with Crippen LogP contribution in [0.4, 0.5) is 75.1 Å². The third-order valence-electron chi connectivity index (χ3n) is 24.2. The Bertz CT molecular complexity index is 7170. The Balaban J connectivity index is 0.000000116. The first-order valence-corrected chi connectivity index (χ1v) is 42.8. The molecule has 9 heterocycles. The van der Waals surface area contributed by atoms with E-state index in [2.05, 4.69) is 104 Å². The lowest BCUT2D eigenvalue weighted by molar-refractivity contribution is -0.118. The van der Waals surface area contributed by atoms with Gasteiger partial charge in [0.25, 0.3) is 0 Å². The summed E-state index contributed by atoms with van der Waals surface area (Å²) in [5, 5.41) is 31.6. The van der Waals surface area contributed by atoms with Gasteiger partial charge in [-0.25, -0.2) is 42.5 Å². The zero-order chi connectivity index (χ0) is 93.5. The highest BCUT2D eigenvalue weighted by Crippen LogP contribution is 2.45. The number of ether oxygens (including phenoxy) is 2. The van der Waals surface area contributed by atoms with E-state index in [0.29, 0.717) is 87.4 Å². The Hall–Kier alpha value is -16.5. The highest BCUT2D eigenvalue weighted by molar-refractivity contribution is 6.24. The summed E-state index contributed by atoms with van der Waals surface area (Å²) in [6.45, 7) is 7.98. The van der Waals surface area contributed by atoms with Gasteiger partial charge in [-0.3, -0.25) is 38.7 Å². The van der Waals surface area contributed by atoms with Gasteiger partial charge < -0.3 is 74.6 Å². The minimum atomic E-state index is -1.06. The van der Waals surface area contributed by atoms with Gasteiger partial charge in [0.15, 0.2) is 5.78 Å². The number of nitriles is 1. The van der Waals surface area contributed by atoms with Crippen LogP contribution in [-0.2, 0) is 28.8 Å². The van der Waals surface area contributed by atoms with Crippen molar-refractivity contribution >= 4 is 169 Å². The van der Waals surface area contributed by atoms with E-state index in [1.54, 1.807) is 112 Å². The molecule has 5 saturated carbocycles. The second-order valence-corrected chi connectivity index (χ2v) is 33.7. The number of likely N-dealkylation sites (N-methyl/N-ethyl adjacent to an activating group) is 1. The number of anilines is 10. The number of Topliss-reactive ketones (excluding diaryl/α,β-unsaturated/α-hetero) is 1. The molecule has 670 valence electrons. The number of nitrogens with two attached hydrogens (primary N) is 5. The van der Waals surface area contributed by atoms with Crippen molar-refractivity contribution in [1.29, 1.82) is 5.26 Å². The number of rotatable bonds is 17. The predicted octanol–water partition coefficient (Wildman–Crippen LogP) is 17.6. The van der Waals surface area contributed by atoms with Crippen molar-refractivity contribution in [2.24, 2.45) is 35.5 Å². The van der Waals surface area contributed by atoms with Crippen LogP contribution in [0.5, 0.6) is 11.5 Å². The van der Waals surface area contributed by atoms with Crippen LogP contribution >= 0.6 is 0 Å². The number of nitrogens with zero attached hydrogens (tertiary/aromatic N) is 9. The number of hydrogen-bond donors (Lipinski definition) is 11. The van der Waals surface area contributed by atoms with Gasteiger partial charge in [0, 0.05) is 170 Å². The van der Waals surface area contributed by atoms with Crippen molar-refractivity contribution in [1.82, 2.24) is 44.8 Å². The number of carbonyl (C=O) groups excluding carboxylic acids is 6. The van der Waals surface area contributed by atoms with Gasteiger partial charge in [-0.05, 0) is 251 Å². The number of benzene rings is 6. The molecule has 21 rings (SSSR count). The summed E-state index contributed by atoms with van der Waals surface area (Å²) in [6, 6.07) is 39.8. The minimum Gasteiger partial charge on any atom is -0.496 e. The maximum atomic E-state index is 13.0. The van der Waals surface area contributed by atoms with E-state index < -0.39 is 48.4 Å². The molecule has 0 saturated heterocycles. The largest absolute Gasteiger partial charge is 0.496 e. The molecule has 6 aromatic carbocycles. The van der Waals surface area contributed by atoms with E-state index in [9.17, 15) is 46.3 Å². The fourth-order valence-corrected chi connectivity index (χ4v) is 16.1. The summed E-state index contributed by atoms with van der Waals surface area (Å²) in [4.78, 5) is 107. The smallest absolute Gasteiger partial charge is 0.231 e. The number of H-pyrrole nitrogens is 1. The summed E-state index contributed by atoms with van der Waals surface area (Å²) in [6.07, 6.45) is 24.3. The number of aromatic amines is 1. The van der Waals surface area contributed by atoms with E-state index in [4.69, 9.17) is 43.4 Å². The predicted molar refractivity (Wildman–Crippen MR) is 510 cm³/mol. The second-order valence-electron chi connectivity index (χ2n) is 33.7. The van der Waals surface area contributed by atoms with Crippen LogP contribution in [-0.4, -0.2) is 126 Å². The molecule has 0 bridgehead atoms. The third kappa shape index (κ3) is 19.5. The van der Waals surface area contributed by atoms with Gasteiger partial charge in [-0.1, -0.05) is 24.8 Å². The lowest BCUT2D eigenvalue weighted by atomic mass is 9.90. The van der Waals surface area contributed by atoms with Gasteiger partial charge in [0.2, 0.25) is 29.5 Å². The normalized spacial score (nSPS) is 19.7. The first-order valence-electron chi connectivity index (χ1n) is 42.8. The van der Waals surface area contributed by atoms with Gasteiger partial charge in [-0.15, -0.1) is 0 Å². The molecule has 0 spiro atoms. The average molecular weight is 1790 g/mol. The summed E-state index contributed by atoms with van der Waals surface area (Å²) in [7, 11) is 5.13. The Morgan fingerprint density at radius 2 is 0.827 bits per heavy atom. The third-order valence-corrected chi connectivity index (χ3v) is 24.2. The molecule has 133 heavy (non-hydrogen) atoms. The highest BCUT2D eigenvalue weighted by atomic mass is 19.1. The van der Waals surface area contributed by atoms with Crippen LogP contribution in [0, 0.1) is 53.8 Å². The van der Waals surface area contributed by atoms with Gasteiger partial charge in [0.1, 0.15) is 65.3 Å². The molecule has 0 radical (unpaired) electrons. The molecule has 10 atom stereocenters. The number of carbonyl (C=O) groups is 6. The lowest BCUT2D eigenvalue weighted by Crippen LogP contribution is -2.16. The van der Waals surface area contributed by atoms with Crippen molar-refractivity contribution in [3.05, 3.63) is 248 Å². The van der Waals surface area contributed by atoms with Crippen LogP contribution in [0.15, 0.2) is 232 Å². The molecule has 32 heteroatoms. The number of hydrogen-bond acceptors (Lipinski definition) is 22. The number of nitrogens with one attached hydrogen (secondary N) is 6. The van der Waals surface area contributed by atoms with Crippen molar-refractivity contribution < 1.29 is 55.8 Å². The monoisotopic (exact) mass is 1790 g/mol. The maximum absolute atomic E-state index is 13.0. The molecule has 16 N–H and O–H groups in total. The summed E-state index contributed by atoms with van der Waals surface area (Å²) >= 11 is 0. The quantitative estimate of drug-likeness (QED) is 0.0298. The fraction of sp³-hybridized carbons (Fsp3) is 0.208. The summed E-state index contributed by atoms with van der Waals surface area (Å²) in [5.74, 6) is -0.829. The Kier molecular flexibility index (Phi) is 24.6. The molecule has 14 aromatic rings. The molecule has 5 amide bonds. The second kappa shape index (κ2) is 37.0. The minimum absolute atomic E-state index is 0.0500. The van der Waals surface area contributed by atoms with Gasteiger partial charge in [-0.2, -0.15) is 5.26 Å². The SMILES string of the molecule is C=C1C=CC=C(c2cc(N)c3cnc(NC(=O)[C@@H]4C[C@@H]4F)cc3c2)N1C.CC1=C(c2cc(N)c3cnc(NC(=O)[C@H]4C[C@H]4F)cc3c2)C(=O)CC=C1.COc1ccncc1-c1cc(N)c2cnc(NC(=O)[C@@H]3C[C@@H]3F)cc2c1.COc1ccncc1-c1cc(N)c2cnc(NC(=O)[C@H]3C[C@@H]3F)cc2c1.Cc1cc2[nH]ccc2cc1-c1cc(N)c2cnc(NC(=O)C3C[C@H]3C#N)cc2c1. The Labute approximate surface area is 759 Å². The number of ketones is 1. The Morgan fingerprint density at radius 1 is 0.466 bits per heavy atom. The van der Waals surface area contributed by atoms with Crippen LogP contribution in [0.2, 0.25) is 0 Å². The molecular formula is C101H90F4N20O8. The molecule has 28 nitrogen and oxygen atoms in total. The lowest BCUT2D eigenvalue weighted by Gasteiger charge is -2.26. The number of allylic oxidation sites excluding steroid dienone is 7. The molecule has 6 aliphatic carbocycles. The number of fused-ring (bicyclic) bond motifs is 6. The zero-order valence-corrected chi connectivity index (χ0v) is 72.6. The van der Waals surface area contributed by atoms with E-state index in [-0.39, 0.29) is 72.8 Å². The molecule has 5 fully saturated rings. The van der Waals surface area contributed by atoms with E-state index in [1.165, 1.54) is 0 Å². The number of methoxy groups -OCH3 is 2. The molecule has 8 aromatic heterocycles. The Morgan fingerprint density at radius 3 is 1.20 bits per heavy atom. The van der Waals surface area contributed by atoms with Crippen molar-refractivity contribution in [3.63, 3.8) is 0 Å². The van der Waals surface area contributed by atoms with Crippen LogP contribution in [0.25, 0.3) is 109 Å². The van der Waals surface area contributed by atoms with E-state index >= 15 is 0 Å². The molecular weight excluding hydrogens is 1700 g/mol. The van der Waals surface area contributed by atoms with E-state index in [0.717, 1.165) is 132 Å². The number of amides is 5. The van der Waals surface area contributed by atoms with Crippen molar-refractivity contribution in [3.8, 4) is 50.9 Å². The first kappa shape index (κ1) is 88.6. The number of halogens is 4. The highest BCUT2D eigenvalue weighted by Gasteiger charge is 2.47. The number of pyridine rings is 7. The van der Waals surface area contributed by atoms with E-state index in [1.807, 2.05) is 116 Å². The summed E-state index contributed by atoms with van der Waals surface area (Å²) < 4.78 is 62.9. The molecule has 7 aliphatic rings. The number of aryl methyl sites for hydroxylation is 1. The first-order chi connectivity index (χ1) is 64.0. The fourth-order valence-electron chi connectivity index (χ4n) is 16.1. The van der Waals surface area contributed by atoms with Gasteiger partial charge in [0.05, 0.1) is 55.8 Å². The average Bonchev–Trinajstić information content (AvgIpc) is 1.76. The molecule has 1 aliphatic heterocycles. The zero-order valence-electron chi connectivity index (χ0n) is 72.6. The van der Waals surface area contributed by atoms with Crippen LogP contribution in [0.1, 0.15) is 62.1 Å². The maximum Gasteiger partial charge on any atom is 0.231 e. The topological polar surface area (TPSA) is 444 Å². The van der Waals surface area contributed by atoms with Gasteiger partial charge >= 0.3 is 0 Å². The molecule has 1 unspecified atom stereocenters. The van der Waals surface area contributed by atoms with Crippen molar-refractivity contribution in [2.75, 3.05) is 76.5 Å². The van der Waals surface area contributed by atoms with Crippen molar-refractivity contribution in [2.45, 2.75) is 77.1 Å². The number of aromatic nitrogens is 8. The standard InChI is InChI=1S/C23H19N5O.C20H19FN4O.C20H18FN3O2.2C19H17FN4O2/c1-12-4-21-13(2-3-26-21)6-17(12)14-5-15-9-22(27-11-19(15)20(25)8-14)28-23(29)18-7-16(18)10-24;1-11-4-3-5-18(25(11)2)13-6-12-8-19(23-10-15(12)17(22)7-13)24-20(26)14-9-16(14)21;1-10-3-2-4-17(25)19(10)12-5-11-7-18(23-9-14(11)16(22)6-12)24-20(26)13-8-15(13)21;2*1-26-17-2-3-22-8-14(17)10-4-11-6-18(23-9-13(11)16(21)5-10)24-19(25)12-7-15(12)20/h2-6,8-9,11,16,18,26H,7,25H2,1H3,(H,27,28,29);3-8,10,14,16H,1,9,22H2,2H3,(H,23,24,26);2-3,5-7,9,13,15H,4,8,22H2,1H3,(H,23,24,26);2*2-6,8-9,12,15H,7,21H2,1H3,(H,23,24,25)/t16-,18?;14-,16+;13-,15+;12-,15+;12-,15-/m01010/s1. The van der Waals surface area contributed by atoms with Crippen LogP contribution < -0.4 is 64.7 Å².